The van der Waals surface area contributed by atoms with Gasteiger partial charge in [-0.05, 0) is 69.2 Å². The van der Waals surface area contributed by atoms with Crippen molar-refractivity contribution in [1.82, 2.24) is 10.2 Å². The Hall–Kier alpha value is -3.85. The van der Waals surface area contributed by atoms with Crippen molar-refractivity contribution < 1.29 is 22.7 Å². The highest BCUT2D eigenvalue weighted by Crippen LogP contribution is 2.26. The highest BCUT2D eigenvalue weighted by molar-refractivity contribution is 7.92. The molecule has 0 bridgehead atoms. The number of benzene rings is 3. The predicted molar refractivity (Wildman–Crippen MR) is 154 cm³/mol. The lowest BCUT2D eigenvalue weighted by atomic mass is 10.1. The number of ether oxygens (including phenoxy) is 1. The molecule has 2 atom stereocenters. The van der Waals surface area contributed by atoms with Crippen LogP contribution < -0.4 is 14.4 Å². The average molecular weight is 552 g/mol. The zero-order chi connectivity index (χ0) is 28.6. The molecule has 39 heavy (non-hydrogen) atoms. The second-order valence-corrected chi connectivity index (χ2v) is 11.6. The van der Waals surface area contributed by atoms with Crippen molar-refractivity contribution in [2.24, 2.45) is 0 Å². The summed E-state index contributed by atoms with van der Waals surface area (Å²) in [7, 11) is -3.82. The van der Waals surface area contributed by atoms with Crippen molar-refractivity contribution in [3.8, 4) is 11.5 Å². The molecule has 3 rings (SSSR count). The third kappa shape index (κ3) is 8.58. The molecule has 0 aliphatic heterocycles. The maximum atomic E-state index is 13.7. The zero-order valence-corrected chi connectivity index (χ0v) is 23.9. The number of sulfonamides is 1. The van der Waals surface area contributed by atoms with Crippen LogP contribution in [0.1, 0.15) is 38.3 Å². The van der Waals surface area contributed by atoms with Crippen LogP contribution in [0, 0.1) is 6.92 Å². The first kappa shape index (κ1) is 29.7. The fourth-order valence-corrected chi connectivity index (χ4v) is 4.71. The van der Waals surface area contributed by atoms with Gasteiger partial charge in [0.25, 0.3) is 0 Å². The molecule has 0 heterocycles. The van der Waals surface area contributed by atoms with Gasteiger partial charge in [0.15, 0.2) is 0 Å². The quantitative estimate of drug-likeness (QED) is 0.346. The van der Waals surface area contributed by atoms with Crippen LogP contribution in [0.5, 0.6) is 11.5 Å². The molecule has 9 heteroatoms. The summed E-state index contributed by atoms with van der Waals surface area (Å²) in [6, 6.07) is 22.5. The zero-order valence-electron chi connectivity index (χ0n) is 23.1. The number of rotatable bonds is 12. The van der Waals surface area contributed by atoms with Gasteiger partial charge in [-0.25, -0.2) is 8.42 Å². The monoisotopic (exact) mass is 551 g/mol. The Morgan fingerprint density at radius 3 is 2.05 bits per heavy atom. The molecule has 0 saturated heterocycles. The van der Waals surface area contributed by atoms with E-state index >= 15 is 0 Å². The van der Waals surface area contributed by atoms with Crippen LogP contribution in [-0.4, -0.2) is 50.0 Å². The van der Waals surface area contributed by atoms with E-state index in [-0.39, 0.29) is 18.5 Å². The Kier molecular flexibility index (Phi) is 10.1. The number of aryl methyl sites for hydroxylation is 1. The third-order valence-electron chi connectivity index (χ3n) is 6.42. The minimum absolute atomic E-state index is 0.0552. The van der Waals surface area contributed by atoms with E-state index in [1.807, 2.05) is 75.4 Å². The maximum Gasteiger partial charge on any atom is 0.244 e. The molecule has 0 aliphatic carbocycles. The van der Waals surface area contributed by atoms with Crippen molar-refractivity contribution in [3.63, 3.8) is 0 Å². The van der Waals surface area contributed by atoms with Gasteiger partial charge in [0, 0.05) is 12.6 Å². The summed E-state index contributed by atoms with van der Waals surface area (Å²) in [5, 5.41) is 2.92. The van der Waals surface area contributed by atoms with Gasteiger partial charge in [-0.2, -0.15) is 0 Å². The van der Waals surface area contributed by atoms with E-state index in [1.54, 1.807) is 31.2 Å². The van der Waals surface area contributed by atoms with Crippen molar-refractivity contribution in [2.45, 2.75) is 52.7 Å². The average Bonchev–Trinajstić information content (AvgIpc) is 2.91. The minimum atomic E-state index is -3.82. The van der Waals surface area contributed by atoms with Gasteiger partial charge in [-0.3, -0.25) is 13.9 Å². The van der Waals surface area contributed by atoms with Crippen molar-refractivity contribution in [1.29, 1.82) is 0 Å². The molecule has 0 spiro atoms. The number of nitrogens with zero attached hydrogens (tertiary/aromatic N) is 2. The lowest BCUT2D eigenvalue weighted by Gasteiger charge is -2.32. The van der Waals surface area contributed by atoms with Gasteiger partial charge >= 0.3 is 0 Å². The van der Waals surface area contributed by atoms with Crippen molar-refractivity contribution in [3.05, 3.63) is 90.0 Å². The molecule has 3 aromatic rings. The molecule has 0 aliphatic rings. The fourth-order valence-electron chi connectivity index (χ4n) is 3.86. The van der Waals surface area contributed by atoms with Crippen molar-refractivity contribution >= 4 is 27.5 Å². The number of carbonyl (C=O) groups is 2. The van der Waals surface area contributed by atoms with Crippen LogP contribution in [0.25, 0.3) is 0 Å². The van der Waals surface area contributed by atoms with Gasteiger partial charge in [-0.1, -0.05) is 55.0 Å². The molecule has 0 fully saturated rings. The highest BCUT2D eigenvalue weighted by Gasteiger charge is 2.30. The number of carbonyl (C=O) groups excluding carboxylic acids is 2. The summed E-state index contributed by atoms with van der Waals surface area (Å²) in [6.45, 7) is 7.19. The molecule has 208 valence electrons. The van der Waals surface area contributed by atoms with E-state index in [1.165, 1.54) is 4.90 Å². The van der Waals surface area contributed by atoms with Crippen LogP contribution in [0.2, 0.25) is 0 Å². The Bertz CT molecular complexity index is 1340. The van der Waals surface area contributed by atoms with Crippen LogP contribution >= 0.6 is 0 Å². The first-order valence-corrected chi connectivity index (χ1v) is 14.8. The van der Waals surface area contributed by atoms with E-state index in [0.717, 1.165) is 28.1 Å². The molecule has 0 saturated carbocycles. The number of hydrogen-bond donors (Lipinski definition) is 1. The minimum Gasteiger partial charge on any atom is -0.457 e. The highest BCUT2D eigenvalue weighted by atomic mass is 32.2. The van der Waals surface area contributed by atoms with E-state index in [2.05, 4.69) is 5.32 Å². The standard InChI is InChI=1S/C30H37N3O5S/c1-6-23(3)31-30(35)24(4)32(20-25-14-12-22(2)13-15-25)29(34)21-33(39(5,36)37)26-16-18-28(19-17-26)38-27-10-8-7-9-11-27/h7-19,23-24H,6,20-21H2,1-5H3,(H,31,35)/t23-,24+/m0/s1. The number of para-hydroxylation sites is 1. The van der Waals surface area contributed by atoms with Gasteiger partial charge in [0.1, 0.15) is 24.1 Å². The first-order valence-electron chi connectivity index (χ1n) is 12.9. The molecule has 2 amide bonds. The molecule has 0 radical (unpaired) electrons. The van der Waals surface area contributed by atoms with Gasteiger partial charge in [0.05, 0.1) is 11.9 Å². The smallest absolute Gasteiger partial charge is 0.244 e. The summed E-state index contributed by atoms with van der Waals surface area (Å²) in [5.41, 5.74) is 2.23. The summed E-state index contributed by atoms with van der Waals surface area (Å²) in [5.74, 6) is 0.397. The van der Waals surface area contributed by atoms with Crippen LogP contribution in [0.15, 0.2) is 78.9 Å². The Morgan fingerprint density at radius 2 is 1.49 bits per heavy atom. The predicted octanol–water partition coefficient (Wildman–Crippen LogP) is 4.89. The molecule has 8 nitrogen and oxygen atoms in total. The van der Waals surface area contributed by atoms with E-state index in [0.29, 0.717) is 17.2 Å². The Balaban J connectivity index is 1.85. The molecule has 0 aromatic heterocycles. The SMILES string of the molecule is CC[C@H](C)NC(=O)[C@@H](C)N(Cc1ccc(C)cc1)C(=O)CN(c1ccc(Oc2ccccc2)cc1)S(C)(=O)=O. The van der Waals surface area contributed by atoms with Gasteiger partial charge < -0.3 is 15.0 Å². The topological polar surface area (TPSA) is 96.0 Å². The van der Waals surface area contributed by atoms with Gasteiger partial charge in [0.2, 0.25) is 21.8 Å². The van der Waals surface area contributed by atoms with Crippen LogP contribution in [-0.2, 0) is 26.2 Å². The van der Waals surface area contributed by atoms with E-state index in [9.17, 15) is 18.0 Å². The second-order valence-electron chi connectivity index (χ2n) is 9.68. The normalized spacial score (nSPS) is 12.7. The number of anilines is 1. The van der Waals surface area contributed by atoms with Crippen molar-refractivity contribution in [2.75, 3.05) is 17.1 Å². The molecular formula is C30H37N3O5S. The molecule has 0 unspecified atom stereocenters. The van der Waals surface area contributed by atoms with E-state index in [4.69, 9.17) is 4.74 Å². The third-order valence-corrected chi connectivity index (χ3v) is 7.57. The fraction of sp³-hybridized carbons (Fsp3) is 0.333. The largest absolute Gasteiger partial charge is 0.457 e. The second kappa shape index (κ2) is 13.3. The summed E-state index contributed by atoms with van der Waals surface area (Å²) in [4.78, 5) is 28.1. The first-order chi connectivity index (χ1) is 18.5. The Labute approximate surface area is 231 Å². The maximum absolute atomic E-state index is 13.7. The van der Waals surface area contributed by atoms with Gasteiger partial charge in [-0.15, -0.1) is 0 Å². The summed E-state index contributed by atoms with van der Waals surface area (Å²) >= 11 is 0. The number of amides is 2. The number of hydrogen-bond acceptors (Lipinski definition) is 5. The number of nitrogens with one attached hydrogen (secondary N) is 1. The summed E-state index contributed by atoms with van der Waals surface area (Å²) < 4.78 is 32.4. The van der Waals surface area contributed by atoms with Crippen LogP contribution in [0.4, 0.5) is 5.69 Å². The van der Waals surface area contributed by atoms with E-state index < -0.39 is 28.5 Å². The van der Waals surface area contributed by atoms with Crippen LogP contribution in [0.3, 0.4) is 0 Å². The Morgan fingerprint density at radius 1 is 0.897 bits per heavy atom. The summed E-state index contributed by atoms with van der Waals surface area (Å²) in [6.07, 6.45) is 1.80. The molecular weight excluding hydrogens is 514 g/mol. The lowest BCUT2D eigenvalue weighted by Crippen LogP contribution is -2.52. The molecule has 1 N–H and O–H groups in total. The lowest BCUT2D eigenvalue weighted by molar-refractivity contribution is -0.139. The molecule has 3 aromatic carbocycles.